The van der Waals surface area contributed by atoms with Gasteiger partial charge in [0.05, 0.1) is 25.3 Å². The second kappa shape index (κ2) is 6.44. The number of methoxy groups -OCH3 is 1. The number of ether oxygens (including phenoxy) is 1. The normalized spacial score (nSPS) is 11.0. The van der Waals surface area contributed by atoms with Crippen molar-refractivity contribution in [3.05, 3.63) is 48.8 Å². The molecule has 7 nitrogen and oxygen atoms in total. The topological polar surface area (TPSA) is 99.6 Å². The number of pyridine rings is 1. The standard InChI is InChI=1S/C14H14N2O5S/c1-21-12-6-4-11(5-7-12)16(10-14(17)18)22(19,20)13-3-2-8-15-9-13/h2-9H,10H2,1H3,(H,17,18)/p-1. The molecule has 0 spiro atoms. The van der Waals surface area contributed by atoms with E-state index in [-0.39, 0.29) is 10.6 Å². The molecule has 0 aliphatic rings. The maximum atomic E-state index is 12.6. The first-order valence-corrected chi connectivity index (χ1v) is 7.66. The Morgan fingerprint density at radius 3 is 2.45 bits per heavy atom. The maximum Gasteiger partial charge on any atom is 0.266 e. The molecule has 0 fully saturated rings. The zero-order chi connectivity index (χ0) is 16.2. The molecule has 0 radical (unpaired) electrons. The number of aromatic nitrogens is 1. The van der Waals surface area contributed by atoms with E-state index >= 15 is 0 Å². The highest BCUT2D eigenvalue weighted by atomic mass is 32.2. The molecule has 0 N–H and O–H groups in total. The van der Waals surface area contributed by atoms with Crippen molar-refractivity contribution in [2.75, 3.05) is 18.0 Å². The van der Waals surface area contributed by atoms with Gasteiger partial charge in [-0.05, 0) is 36.4 Å². The summed E-state index contributed by atoms with van der Waals surface area (Å²) in [6, 6.07) is 8.78. The van der Waals surface area contributed by atoms with E-state index < -0.39 is 22.5 Å². The first kappa shape index (κ1) is 15.8. The SMILES string of the molecule is COc1ccc(N(CC(=O)[O-])S(=O)(=O)c2cccnc2)cc1. The highest BCUT2D eigenvalue weighted by Crippen LogP contribution is 2.25. The molecule has 1 aromatic carbocycles. The van der Waals surface area contributed by atoms with Gasteiger partial charge in [0.1, 0.15) is 10.6 Å². The fourth-order valence-electron chi connectivity index (χ4n) is 1.81. The number of carboxylic acids is 1. The molecule has 1 heterocycles. The van der Waals surface area contributed by atoms with Crippen LogP contribution in [0, 0.1) is 0 Å². The van der Waals surface area contributed by atoms with Crippen molar-refractivity contribution < 1.29 is 23.1 Å². The number of rotatable bonds is 6. The lowest BCUT2D eigenvalue weighted by Gasteiger charge is -2.24. The number of hydrogen-bond donors (Lipinski definition) is 0. The molecule has 22 heavy (non-hydrogen) atoms. The average molecular weight is 321 g/mol. The van der Waals surface area contributed by atoms with Crippen LogP contribution in [0.25, 0.3) is 0 Å². The summed E-state index contributed by atoms with van der Waals surface area (Å²) >= 11 is 0. The summed E-state index contributed by atoms with van der Waals surface area (Å²) < 4.78 is 30.9. The van der Waals surface area contributed by atoms with Gasteiger partial charge in [0, 0.05) is 12.4 Å². The Bertz CT molecular complexity index is 745. The molecule has 2 aromatic rings. The van der Waals surface area contributed by atoms with Crippen LogP contribution < -0.4 is 14.1 Å². The Hall–Kier alpha value is -2.61. The third-order valence-corrected chi connectivity index (χ3v) is 4.61. The molecule has 0 aliphatic carbocycles. The highest BCUT2D eigenvalue weighted by Gasteiger charge is 2.25. The molecule has 2 rings (SSSR count). The molecule has 0 saturated heterocycles. The van der Waals surface area contributed by atoms with Gasteiger partial charge in [-0.3, -0.25) is 9.29 Å². The first-order valence-electron chi connectivity index (χ1n) is 6.22. The summed E-state index contributed by atoms with van der Waals surface area (Å²) in [5.74, 6) is -0.987. The van der Waals surface area contributed by atoms with E-state index in [4.69, 9.17) is 4.74 Å². The molecular weight excluding hydrogens is 308 g/mol. The molecule has 0 saturated carbocycles. The van der Waals surface area contributed by atoms with Gasteiger partial charge >= 0.3 is 0 Å². The average Bonchev–Trinajstić information content (AvgIpc) is 2.53. The molecule has 1 aromatic heterocycles. The molecule has 0 aliphatic heterocycles. The molecule has 0 bridgehead atoms. The zero-order valence-corrected chi connectivity index (χ0v) is 12.5. The van der Waals surface area contributed by atoms with Gasteiger partial charge in [-0.2, -0.15) is 0 Å². The van der Waals surface area contributed by atoms with Crippen molar-refractivity contribution in [1.82, 2.24) is 4.98 Å². The Morgan fingerprint density at radius 1 is 1.27 bits per heavy atom. The van der Waals surface area contributed by atoms with E-state index in [0.29, 0.717) is 5.75 Å². The minimum atomic E-state index is -4.06. The van der Waals surface area contributed by atoms with Crippen LogP contribution in [0.5, 0.6) is 5.75 Å². The number of carboxylic acid groups (broad SMARTS) is 1. The molecule has 0 atom stereocenters. The van der Waals surface area contributed by atoms with E-state index in [2.05, 4.69) is 4.98 Å². The highest BCUT2D eigenvalue weighted by molar-refractivity contribution is 7.92. The maximum absolute atomic E-state index is 12.6. The summed E-state index contributed by atoms with van der Waals surface area (Å²) in [6.07, 6.45) is 2.58. The number of hydrogen-bond acceptors (Lipinski definition) is 6. The number of benzene rings is 1. The lowest BCUT2D eigenvalue weighted by atomic mass is 10.3. The lowest BCUT2D eigenvalue weighted by Crippen LogP contribution is -2.41. The fourth-order valence-corrected chi connectivity index (χ4v) is 3.18. The van der Waals surface area contributed by atoms with Crippen LogP contribution in [-0.2, 0) is 14.8 Å². The molecule has 8 heteroatoms. The van der Waals surface area contributed by atoms with Crippen LogP contribution in [0.2, 0.25) is 0 Å². The fraction of sp³-hybridized carbons (Fsp3) is 0.143. The number of nitrogens with zero attached hydrogens (tertiary/aromatic N) is 2. The second-order valence-electron chi connectivity index (χ2n) is 4.27. The molecular formula is C14H13N2O5S-. The van der Waals surface area contributed by atoms with Gasteiger partial charge in [-0.25, -0.2) is 8.42 Å². The van der Waals surface area contributed by atoms with Crippen molar-refractivity contribution in [3.63, 3.8) is 0 Å². The number of aliphatic carboxylic acids is 1. The minimum Gasteiger partial charge on any atom is -0.548 e. The number of anilines is 1. The predicted molar refractivity (Wildman–Crippen MR) is 76.8 cm³/mol. The summed E-state index contributed by atoms with van der Waals surface area (Å²) in [5, 5.41) is 10.9. The molecule has 116 valence electrons. The Balaban J connectivity index is 2.47. The second-order valence-corrected chi connectivity index (χ2v) is 6.13. The first-order chi connectivity index (χ1) is 10.4. The summed E-state index contributed by atoms with van der Waals surface area (Å²) in [4.78, 5) is 14.6. The monoisotopic (exact) mass is 321 g/mol. The van der Waals surface area contributed by atoms with Gasteiger partial charge in [-0.15, -0.1) is 0 Å². The zero-order valence-electron chi connectivity index (χ0n) is 11.7. The largest absolute Gasteiger partial charge is 0.548 e. The van der Waals surface area contributed by atoms with Gasteiger partial charge in [0.15, 0.2) is 0 Å². The molecule has 0 amide bonds. The Labute approximate surface area is 127 Å². The van der Waals surface area contributed by atoms with Crippen LogP contribution in [0.15, 0.2) is 53.7 Å². The Morgan fingerprint density at radius 2 is 1.95 bits per heavy atom. The van der Waals surface area contributed by atoms with Crippen LogP contribution in [0.3, 0.4) is 0 Å². The van der Waals surface area contributed by atoms with Crippen LogP contribution in [-0.4, -0.2) is 33.0 Å². The molecule has 0 unspecified atom stereocenters. The van der Waals surface area contributed by atoms with E-state index in [0.717, 1.165) is 10.5 Å². The van der Waals surface area contributed by atoms with Crippen molar-refractivity contribution >= 4 is 21.7 Å². The van der Waals surface area contributed by atoms with Crippen molar-refractivity contribution in [3.8, 4) is 5.75 Å². The van der Waals surface area contributed by atoms with Crippen LogP contribution >= 0.6 is 0 Å². The summed E-state index contributed by atoms with van der Waals surface area (Å²) in [7, 11) is -2.59. The van der Waals surface area contributed by atoms with E-state index in [1.807, 2.05) is 0 Å². The lowest BCUT2D eigenvalue weighted by molar-refractivity contribution is -0.303. The summed E-state index contributed by atoms with van der Waals surface area (Å²) in [5.41, 5.74) is 0.189. The van der Waals surface area contributed by atoms with E-state index in [1.165, 1.54) is 49.7 Å². The summed E-state index contributed by atoms with van der Waals surface area (Å²) in [6.45, 7) is -0.802. The van der Waals surface area contributed by atoms with Crippen molar-refractivity contribution in [2.45, 2.75) is 4.90 Å². The van der Waals surface area contributed by atoms with Crippen molar-refractivity contribution in [1.29, 1.82) is 0 Å². The van der Waals surface area contributed by atoms with E-state index in [9.17, 15) is 18.3 Å². The quantitative estimate of drug-likeness (QED) is 0.744. The van der Waals surface area contributed by atoms with Crippen LogP contribution in [0.4, 0.5) is 5.69 Å². The third kappa shape index (κ3) is 3.34. The number of sulfonamides is 1. The third-order valence-electron chi connectivity index (χ3n) is 2.86. The smallest absolute Gasteiger partial charge is 0.266 e. The van der Waals surface area contributed by atoms with Crippen molar-refractivity contribution in [2.24, 2.45) is 0 Å². The van der Waals surface area contributed by atoms with Crippen LogP contribution in [0.1, 0.15) is 0 Å². The van der Waals surface area contributed by atoms with Gasteiger partial charge in [0.2, 0.25) is 0 Å². The minimum absolute atomic E-state index is 0.105. The predicted octanol–water partition coefficient (Wildman–Crippen LogP) is 0.0354. The number of carbonyl (C=O) groups excluding carboxylic acids is 1. The van der Waals surface area contributed by atoms with E-state index in [1.54, 1.807) is 0 Å². The Kier molecular flexibility index (Phi) is 4.62. The van der Waals surface area contributed by atoms with Gasteiger partial charge in [0.25, 0.3) is 10.0 Å². The van der Waals surface area contributed by atoms with Gasteiger partial charge < -0.3 is 14.6 Å². The van der Waals surface area contributed by atoms with Gasteiger partial charge in [-0.1, -0.05) is 0 Å². The number of carbonyl (C=O) groups is 1.